The molecule has 110 valence electrons. The Balaban J connectivity index is 2.68. The monoisotopic (exact) mass is 346 g/mol. The minimum absolute atomic E-state index is 0.0667. The summed E-state index contributed by atoms with van der Waals surface area (Å²) in [4.78, 5) is 26.8. The van der Waals surface area contributed by atoms with Crippen LogP contribution in [-0.2, 0) is 4.74 Å². The number of alkyl carbamates (subject to hydrolysis) is 1. The molecule has 0 saturated carbocycles. The number of carbonyl (C=O) groups is 2. The van der Waals surface area contributed by atoms with E-state index in [9.17, 15) is 9.59 Å². The first-order valence-corrected chi connectivity index (χ1v) is 6.42. The second-order valence-electron chi connectivity index (χ2n) is 4.65. The normalized spacial score (nSPS) is 10.7. The van der Waals surface area contributed by atoms with Crippen molar-refractivity contribution >= 4 is 28.1 Å². The van der Waals surface area contributed by atoms with Crippen molar-refractivity contribution in [1.29, 1.82) is 0 Å². The Morgan fingerprint density at radius 1 is 1.30 bits per heavy atom. The molecule has 0 bridgehead atoms. The Morgan fingerprint density at radius 2 is 1.95 bits per heavy atom. The van der Waals surface area contributed by atoms with E-state index in [2.05, 4.69) is 20.9 Å². The second-order valence-corrected chi connectivity index (χ2v) is 5.50. The van der Waals surface area contributed by atoms with Crippen molar-refractivity contribution in [2.45, 2.75) is 26.4 Å². The number of hydrogen-bond donors (Lipinski definition) is 1. The lowest BCUT2D eigenvalue weighted by Gasteiger charge is -2.19. The largest absolute Gasteiger partial charge is 0.490 e. The van der Waals surface area contributed by atoms with Crippen molar-refractivity contribution in [2.75, 3.05) is 7.11 Å². The molecule has 0 radical (unpaired) electrons. The van der Waals surface area contributed by atoms with Crippen LogP contribution < -0.4 is 14.8 Å². The molecule has 8 heteroatoms. The predicted molar refractivity (Wildman–Crippen MR) is 73.9 cm³/mol. The van der Waals surface area contributed by atoms with Crippen molar-refractivity contribution in [2.24, 2.45) is 0 Å². The van der Waals surface area contributed by atoms with E-state index in [4.69, 9.17) is 14.2 Å². The van der Waals surface area contributed by atoms with Crippen LogP contribution in [0.5, 0.6) is 11.6 Å². The number of ether oxygens (including phenoxy) is 3. The van der Waals surface area contributed by atoms with Crippen LogP contribution >= 0.6 is 15.9 Å². The van der Waals surface area contributed by atoms with Gasteiger partial charge in [-0.25, -0.2) is 19.9 Å². The van der Waals surface area contributed by atoms with Gasteiger partial charge in [0, 0.05) is 6.20 Å². The van der Waals surface area contributed by atoms with Crippen LogP contribution in [0.3, 0.4) is 0 Å². The van der Waals surface area contributed by atoms with Crippen molar-refractivity contribution in [3.05, 3.63) is 16.7 Å². The highest BCUT2D eigenvalue weighted by Crippen LogP contribution is 2.32. The van der Waals surface area contributed by atoms with Crippen molar-refractivity contribution < 1.29 is 23.8 Å². The third kappa shape index (κ3) is 5.04. The van der Waals surface area contributed by atoms with E-state index in [1.165, 1.54) is 13.3 Å². The summed E-state index contributed by atoms with van der Waals surface area (Å²) in [5.41, 5.74) is -0.712. The van der Waals surface area contributed by atoms with Crippen LogP contribution in [-0.4, -0.2) is 29.9 Å². The molecular weight excluding hydrogens is 332 g/mol. The van der Waals surface area contributed by atoms with Gasteiger partial charge >= 0.3 is 12.2 Å². The Labute approximate surface area is 124 Å². The minimum atomic E-state index is -1.01. The van der Waals surface area contributed by atoms with E-state index in [-0.39, 0.29) is 11.6 Å². The zero-order valence-corrected chi connectivity index (χ0v) is 13.1. The minimum Gasteiger partial charge on any atom is -0.490 e. The molecule has 0 aliphatic carbocycles. The highest BCUT2D eigenvalue weighted by atomic mass is 79.9. The zero-order valence-electron chi connectivity index (χ0n) is 11.5. The average molecular weight is 347 g/mol. The third-order valence-corrected chi connectivity index (χ3v) is 2.44. The lowest BCUT2D eigenvalue weighted by molar-refractivity contribution is 0.0532. The van der Waals surface area contributed by atoms with E-state index in [1.807, 2.05) is 5.32 Å². The number of methoxy groups -OCH3 is 1. The summed E-state index contributed by atoms with van der Waals surface area (Å²) in [5.74, 6) is 0.176. The highest BCUT2D eigenvalue weighted by Gasteiger charge is 2.20. The fraction of sp³-hybridized carbons (Fsp3) is 0.417. The molecule has 7 nitrogen and oxygen atoms in total. The highest BCUT2D eigenvalue weighted by molar-refractivity contribution is 9.10. The SMILES string of the molecule is COc1c(Br)ccnc1OC(=O)NC(=O)OC(C)(C)C. The molecule has 0 aromatic carbocycles. The molecule has 0 unspecified atom stereocenters. The number of halogens is 1. The van der Waals surface area contributed by atoms with Crippen LogP contribution in [0.4, 0.5) is 9.59 Å². The summed E-state index contributed by atoms with van der Waals surface area (Å²) in [5, 5.41) is 1.92. The number of nitrogens with one attached hydrogen (secondary N) is 1. The topological polar surface area (TPSA) is 86.8 Å². The van der Waals surface area contributed by atoms with Gasteiger partial charge in [0.2, 0.25) is 0 Å². The molecule has 1 aromatic rings. The first-order valence-electron chi connectivity index (χ1n) is 5.63. The summed E-state index contributed by atoms with van der Waals surface area (Å²) in [6, 6.07) is 1.62. The molecule has 0 fully saturated rings. The molecule has 1 heterocycles. The molecule has 1 aromatic heterocycles. The van der Waals surface area contributed by atoms with Gasteiger partial charge in [0.05, 0.1) is 11.6 Å². The zero-order chi connectivity index (χ0) is 15.3. The number of aromatic nitrogens is 1. The number of rotatable bonds is 2. The van der Waals surface area contributed by atoms with Crippen LogP contribution in [0, 0.1) is 0 Å². The lowest BCUT2D eigenvalue weighted by Crippen LogP contribution is -2.38. The summed E-state index contributed by atoms with van der Waals surface area (Å²) >= 11 is 3.22. The number of amides is 2. The molecule has 0 aliphatic heterocycles. The average Bonchev–Trinajstić information content (AvgIpc) is 2.26. The molecule has 1 rings (SSSR count). The van der Waals surface area contributed by atoms with Gasteiger partial charge in [-0.3, -0.25) is 0 Å². The number of hydrogen-bond acceptors (Lipinski definition) is 6. The smallest absolute Gasteiger partial charge is 0.423 e. The number of carbonyl (C=O) groups excluding carboxylic acids is 2. The molecule has 0 spiro atoms. The van der Waals surface area contributed by atoms with Gasteiger partial charge in [-0.05, 0) is 42.8 Å². The van der Waals surface area contributed by atoms with Gasteiger partial charge in [0.1, 0.15) is 5.60 Å². The summed E-state index contributed by atoms with van der Waals surface area (Å²) in [6.07, 6.45) is -0.498. The van der Waals surface area contributed by atoms with E-state index < -0.39 is 17.8 Å². The van der Waals surface area contributed by atoms with Crippen LogP contribution in [0.1, 0.15) is 20.8 Å². The van der Waals surface area contributed by atoms with Gasteiger partial charge in [-0.15, -0.1) is 0 Å². The molecule has 2 amide bonds. The van der Waals surface area contributed by atoms with Crippen molar-refractivity contribution in [3.63, 3.8) is 0 Å². The van der Waals surface area contributed by atoms with Crippen LogP contribution in [0.2, 0.25) is 0 Å². The fourth-order valence-corrected chi connectivity index (χ4v) is 1.61. The summed E-state index contributed by atoms with van der Waals surface area (Å²) in [7, 11) is 1.40. The molecule has 0 saturated heterocycles. The van der Waals surface area contributed by atoms with Gasteiger partial charge in [0.15, 0.2) is 5.75 Å². The van der Waals surface area contributed by atoms with E-state index in [0.29, 0.717) is 4.47 Å². The Hall–Kier alpha value is -1.83. The van der Waals surface area contributed by atoms with Crippen LogP contribution in [0.25, 0.3) is 0 Å². The van der Waals surface area contributed by atoms with E-state index in [1.54, 1.807) is 26.8 Å². The van der Waals surface area contributed by atoms with Gasteiger partial charge < -0.3 is 14.2 Å². The molecule has 1 N–H and O–H groups in total. The number of nitrogens with zero attached hydrogens (tertiary/aromatic N) is 1. The Morgan fingerprint density at radius 3 is 2.50 bits per heavy atom. The predicted octanol–water partition coefficient (Wildman–Crippen LogP) is 2.88. The maximum atomic E-state index is 11.5. The summed E-state index contributed by atoms with van der Waals surface area (Å²) < 4.78 is 15.4. The Kier molecular flexibility index (Phi) is 5.32. The first kappa shape index (κ1) is 16.2. The molecule has 0 aliphatic rings. The van der Waals surface area contributed by atoms with Gasteiger partial charge in [-0.1, -0.05) is 0 Å². The fourth-order valence-electron chi connectivity index (χ4n) is 1.16. The van der Waals surface area contributed by atoms with Crippen molar-refractivity contribution in [3.8, 4) is 11.6 Å². The van der Waals surface area contributed by atoms with Gasteiger partial charge in [-0.2, -0.15) is 0 Å². The maximum Gasteiger partial charge on any atom is 0.423 e. The van der Waals surface area contributed by atoms with Crippen LogP contribution in [0.15, 0.2) is 16.7 Å². The molecular formula is C12H15BrN2O5. The first-order chi connectivity index (χ1) is 9.23. The third-order valence-electron chi connectivity index (χ3n) is 1.82. The molecule has 20 heavy (non-hydrogen) atoms. The molecule has 0 atom stereocenters. The van der Waals surface area contributed by atoms with Crippen molar-refractivity contribution in [1.82, 2.24) is 10.3 Å². The summed E-state index contributed by atoms with van der Waals surface area (Å²) in [6.45, 7) is 5.03. The number of pyridine rings is 1. The van der Waals surface area contributed by atoms with Gasteiger partial charge in [0.25, 0.3) is 5.88 Å². The van der Waals surface area contributed by atoms with E-state index in [0.717, 1.165) is 0 Å². The second kappa shape index (κ2) is 6.56. The maximum absolute atomic E-state index is 11.5. The van der Waals surface area contributed by atoms with E-state index >= 15 is 0 Å². The standard InChI is InChI=1S/C12H15BrN2O5/c1-12(2,3)20-11(17)15-10(16)19-9-8(18-4)7(13)5-6-14-9/h5-6H,1-4H3,(H,15,16,17). The Bertz CT molecular complexity index is 513. The quantitative estimate of drug-likeness (QED) is 0.885. The lowest BCUT2D eigenvalue weighted by atomic mass is 10.2. The number of imide groups is 1.